The van der Waals surface area contributed by atoms with Crippen LogP contribution in [0.2, 0.25) is 10.0 Å². The first-order valence-electron chi connectivity index (χ1n) is 7.48. The summed E-state index contributed by atoms with van der Waals surface area (Å²) in [6.45, 7) is 0. The van der Waals surface area contributed by atoms with Crippen LogP contribution in [0.1, 0.15) is 17.4 Å². The molecule has 9 heteroatoms. The summed E-state index contributed by atoms with van der Waals surface area (Å²) in [7, 11) is -2.25. The third kappa shape index (κ3) is 3.91. The van der Waals surface area contributed by atoms with E-state index in [0.717, 1.165) is 0 Å². The van der Waals surface area contributed by atoms with Gasteiger partial charge in [-0.15, -0.1) is 0 Å². The fourth-order valence-electron chi connectivity index (χ4n) is 2.48. The van der Waals surface area contributed by atoms with Crippen LogP contribution in [0.25, 0.3) is 0 Å². The van der Waals surface area contributed by atoms with Gasteiger partial charge in [-0.25, -0.2) is 17.8 Å². The third-order valence-electron chi connectivity index (χ3n) is 3.77. The number of hydrogen-bond acceptors (Lipinski definition) is 3. The van der Waals surface area contributed by atoms with Crippen LogP contribution in [-0.4, -0.2) is 18.0 Å². The number of benzene rings is 2. The molecule has 3 rings (SSSR count). The molecule has 0 aliphatic rings. The van der Waals surface area contributed by atoms with Gasteiger partial charge in [0, 0.05) is 19.4 Å². The van der Waals surface area contributed by atoms with Gasteiger partial charge in [0.1, 0.15) is 17.7 Å². The van der Waals surface area contributed by atoms with Gasteiger partial charge < -0.3 is 4.57 Å². The molecule has 0 radical (unpaired) electrons. The molecule has 136 valence electrons. The average Bonchev–Trinajstić information content (AvgIpc) is 3.01. The van der Waals surface area contributed by atoms with Gasteiger partial charge in [0.25, 0.3) is 0 Å². The maximum atomic E-state index is 13.7. The summed E-state index contributed by atoms with van der Waals surface area (Å²) in [5.41, 5.74) is 0.419. The van der Waals surface area contributed by atoms with Crippen molar-refractivity contribution < 1.29 is 12.8 Å². The molecule has 0 saturated carbocycles. The zero-order valence-electron chi connectivity index (χ0n) is 13.5. The summed E-state index contributed by atoms with van der Waals surface area (Å²) < 4.78 is 43.6. The summed E-state index contributed by atoms with van der Waals surface area (Å²) in [5.74, 6) is -0.0605. The van der Waals surface area contributed by atoms with E-state index in [1.54, 1.807) is 23.9 Å². The topological polar surface area (TPSA) is 64.0 Å². The normalized spacial score (nSPS) is 12.9. The predicted molar refractivity (Wildman–Crippen MR) is 98.2 cm³/mol. The Morgan fingerprint density at radius 2 is 1.92 bits per heavy atom. The Kier molecular flexibility index (Phi) is 5.34. The number of aryl methyl sites for hydroxylation is 1. The Morgan fingerprint density at radius 1 is 1.15 bits per heavy atom. The van der Waals surface area contributed by atoms with Crippen LogP contribution in [0, 0.1) is 5.82 Å². The maximum Gasteiger partial charge on any atom is 0.241 e. The van der Waals surface area contributed by atoms with E-state index < -0.39 is 21.9 Å². The lowest BCUT2D eigenvalue weighted by Gasteiger charge is -2.19. The summed E-state index contributed by atoms with van der Waals surface area (Å²) >= 11 is 11.8. The Hall–Kier alpha value is -1.93. The minimum Gasteiger partial charge on any atom is -0.336 e. The van der Waals surface area contributed by atoms with E-state index in [0.29, 0.717) is 11.4 Å². The average molecular weight is 414 g/mol. The molecule has 1 atom stereocenters. The van der Waals surface area contributed by atoms with E-state index in [1.807, 2.05) is 0 Å². The standard InChI is InChI=1S/C17H14Cl2FN3O2S/c1-23-8-7-21-17(23)16(11-3-2-4-12(20)9-11)22-26(24,25)13-5-6-14(18)15(19)10-13/h2-10,16,22H,1H3. The van der Waals surface area contributed by atoms with Gasteiger partial charge in [0.05, 0.1) is 14.9 Å². The van der Waals surface area contributed by atoms with E-state index in [1.165, 1.54) is 42.6 Å². The van der Waals surface area contributed by atoms with Crippen molar-refractivity contribution in [3.63, 3.8) is 0 Å². The number of imidazole rings is 1. The van der Waals surface area contributed by atoms with Gasteiger partial charge >= 0.3 is 0 Å². The van der Waals surface area contributed by atoms with Crippen LogP contribution >= 0.6 is 23.2 Å². The Balaban J connectivity index is 2.05. The summed E-state index contributed by atoms with van der Waals surface area (Å²) in [6, 6.07) is 8.79. The quantitative estimate of drug-likeness (QED) is 0.688. The Labute approximate surface area is 160 Å². The Bertz CT molecular complexity index is 1050. The van der Waals surface area contributed by atoms with Crippen molar-refractivity contribution >= 4 is 33.2 Å². The molecule has 3 aromatic rings. The largest absolute Gasteiger partial charge is 0.336 e. The molecule has 5 nitrogen and oxygen atoms in total. The molecule has 0 aliphatic heterocycles. The molecule has 0 spiro atoms. The van der Waals surface area contributed by atoms with Gasteiger partial charge in [-0.2, -0.15) is 4.72 Å². The van der Waals surface area contributed by atoms with Crippen molar-refractivity contribution in [2.24, 2.45) is 7.05 Å². The van der Waals surface area contributed by atoms with Crippen LogP contribution in [0.3, 0.4) is 0 Å². The minimum atomic E-state index is -3.97. The summed E-state index contributed by atoms with van der Waals surface area (Å²) in [5, 5.41) is 0.366. The van der Waals surface area contributed by atoms with Crippen molar-refractivity contribution in [2.45, 2.75) is 10.9 Å². The highest BCUT2D eigenvalue weighted by Crippen LogP contribution is 2.27. The lowest BCUT2D eigenvalue weighted by molar-refractivity contribution is 0.560. The number of rotatable bonds is 5. The lowest BCUT2D eigenvalue weighted by atomic mass is 10.1. The number of aromatic nitrogens is 2. The molecule has 1 heterocycles. The van der Waals surface area contributed by atoms with Crippen LogP contribution in [0.5, 0.6) is 0 Å². The van der Waals surface area contributed by atoms with Crippen molar-refractivity contribution in [3.05, 3.63) is 82.1 Å². The minimum absolute atomic E-state index is 0.0532. The van der Waals surface area contributed by atoms with E-state index in [4.69, 9.17) is 23.2 Å². The first kappa shape index (κ1) is 18.8. The molecule has 0 bridgehead atoms. The van der Waals surface area contributed by atoms with Crippen molar-refractivity contribution in [1.29, 1.82) is 0 Å². The molecular formula is C17H14Cl2FN3O2S. The third-order valence-corrected chi connectivity index (χ3v) is 5.93. The highest BCUT2D eigenvalue weighted by atomic mass is 35.5. The predicted octanol–water partition coefficient (Wildman–Crippen LogP) is 3.93. The molecule has 0 aliphatic carbocycles. The Morgan fingerprint density at radius 3 is 2.54 bits per heavy atom. The van der Waals surface area contributed by atoms with Gasteiger partial charge in [0.2, 0.25) is 10.0 Å². The van der Waals surface area contributed by atoms with Gasteiger partial charge in [-0.1, -0.05) is 35.3 Å². The van der Waals surface area contributed by atoms with Gasteiger partial charge in [0.15, 0.2) is 0 Å². The van der Waals surface area contributed by atoms with E-state index >= 15 is 0 Å². The number of nitrogens with one attached hydrogen (secondary N) is 1. The smallest absolute Gasteiger partial charge is 0.241 e. The van der Waals surface area contributed by atoms with E-state index in [9.17, 15) is 12.8 Å². The van der Waals surface area contributed by atoms with Crippen LogP contribution in [0.4, 0.5) is 4.39 Å². The molecule has 0 saturated heterocycles. The van der Waals surface area contributed by atoms with Crippen molar-refractivity contribution in [2.75, 3.05) is 0 Å². The van der Waals surface area contributed by atoms with Crippen molar-refractivity contribution in [3.8, 4) is 0 Å². The van der Waals surface area contributed by atoms with Crippen LogP contribution in [-0.2, 0) is 17.1 Å². The SMILES string of the molecule is Cn1ccnc1C(NS(=O)(=O)c1ccc(Cl)c(Cl)c1)c1cccc(F)c1. The van der Waals surface area contributed by atoms with Gasteiger partial charge in [-0.3, -0.25) is 0 Å². The molecule has 0 amide bonds. The van der Waals surface area contributed by atoms with E-state index in [2.05, 4.69) is 9.71 Å². The number of sulfonamides is 1. The summed E-state index contributed by atoms with van der Waals surface area (Å²) in [6.07, 6.45) is 3.21. The number of hydrogen-bond donors (Lipinski definition) is 1. The molecule has 1 aromatic heterocycles. The zero-order chi connectivity index (χ0) is 18.9. The fourth-order valence-corrected chi connectivity index (χ4v) is 4.05. The maximum absolute atomic E-state index is 13.7. The molecule has 2 aromatic carbocycles. The molecular weight excluding hydrogens is 400 g/mol. The monoisotopic (exact) mass is 413 g/mol. The first-order valence-corrected chi connectivity index (χ1v) is 9.72. The summed E-state index contributed by atoms with van der Waals surface area (Å²) in [4.78, 5) is 4.14. The van der Waals surface area contributed by atoms with Gasteiger partial charge in [-0.05, 0) is 35.9 Å². The number of halogens is 3. The lowest BCUT2D eigenvalue weighted by Crippen LogP contribution is -2.31. The molecule has 0 fully saturated rings. The number of nitrogens with zero attached hydrogens (tertiary/aromatic N) is 2. The second kappa shape index (κ2) is 7.36. The zero-order valence-corrected chi connectivity index (χ0v) is 15.9. The van der Waals surface area contributed by atoms with Crippen LogP contribution < -0.4 is 4.72 Å². The second-order valence-electron chi connectivity index (χ2n) is 5.58. The highest BCUT2D eigenvalue weighted by molar-refractivity contribution is 7.89. The molecule has 1 unspecified atom stereocenters. The van der Waals surface area contributed by atoms with Crippen molar-refractivity contribution in [1.82, 2.24) is 14.3 Å². The first-order chi connectivity index (χ1) is 12.3. The van der Waals surface area contributed by atoms with Crippen LogP contribution in [0.15, 0.2) is 59.8 Å². The molecule has 1 N–H and O–H groups in total. The fraction of sp³-hybridized carbons (Fsp3) is 0.118. The molecule has 26 heavy (non-hydrogen) atoms. The van der Waals surface area contributed by atoms with E-state index in [-0.39, 0.29) is 14.9 Å². The highest BCUT2D eigenvalue weighted by Gasteiger charge is 2.26. The second-order valence-corrected chi connectivity index (χ2v) is 8.11.